The summed E-state index contributed by atoms with van der Waals surface area (Å²) in [4.78, 5) is 11.9. The van der Waals surface area contributed by atoms with E-state index < -0.39 is 5.76 Å². The first-order chi connectivity index (χ1) is 9.63. The molecule has 1 N–H and O–H groups in total. The van der Waals surface area contributed by atoms with Crippen LogP contribution in [0.1, 0.15) is 5.56 Å². The van der Waals surface area contributed by atoms with Gasteiger partial charge in [0.2, 0.25) is 0 Å². The van der Waals surface area contributed by atoms with Crippen molar-refractivity contribution in [3.8, 4) is 0 Å². The topological polar surface area (TPSA) is 47.2 Å². The molecule has 20 heavy (non-hydrogen) atoms. The van der Waals surface area contributed by atoms with Crippen LogP contribution in [0.5, 0.6) is 0 Å². The maximum absolute atomic E-state index is 11.9. The van der Waals surface area contributed by atoms with E-state index in [0.717, 1.165) is 16.8 Å². The summed E-state index contributed by atoms with van der Waals surface area (Å²) in [6.45, 7) is 2.36. The number of aryl methyl sites for hydroxylation is 1. The number of hydrogen-bond donors (Lipinski definition) is 1. The van der Waals surface area contributed by atoms with E-state index in [1.165, 1.54) is 4.57 Å². The Balaban J connectivity index is 1.91. The SMILES string of the molecule is Cc1cccc(NCn2c(=O)oc3cc(Cl)ccc32)c1. The van der Waals surface area contributed by atoms with Gasteiger partial charge in [-0.05, 0) is 36.8 Å². The van der Waals surface area contributed by atoms with E-state index in [1.54, 1.807) is 18.2 Å². The van der Waals surface area contributed by atoms with Crippen molar-refractivity contribution in [2.24, 2.45) is 0 Å². The van der Waals surface area contributed by atoms with Crippen LogP contribution in [0.2, 0.25) is 5.02 Å². The predicted molar refractivity (Wildman–Crippen MR) is 80.3 cm³/mol. The number of anilines is 1. The molecule has 5 heteroatoms. The molecular formula is C15H13ClN2O2. The monoisotopic (exact) mass is 288 g/mol. The van der Waals surface area contributed by atoms with Gasteiger partial charge in [0.25, 0.3) is 0 Å². The number of nitrogens with zero attached hydrogens (tertiary/aromatic N) is 1. The first kappa shape index (κ1) is 12.8. The number of nitrogens with one attached hydrogen (secondary N) is 1. The van der Waals surface area contributed by atoms with Crippen molar-refractivity contribution in [1.29, 1.82) is 0 Å². The van der Waals surface area contributed by atoms with Crippen molar-refractivity contribution in [3.63, 3.8) is 0 Å². The Labute approximate surface area is 120 Å². The van der Waals surface area contributed by atoms with Gasteiger partial charge in [-0.1, -0.05) is 23.7 Å². The van der Waals surface area contributed by atoms with Gasteiger partial charge in [-0.2, -0.15) is 0 Å². The molecule has 0 aliphatic carbocycles. The van der Waals surface area contributed by atoms with Gasteiger partial charge in [0.15, 0.2) is 5.58 Å². The molecule has 1 aromatic heterocycles. The number of aromatic nitrogens is 1. The molecule has 0 bridgehead atoms. The fourth-order valence-electron chi connectivity index (χ4n) is 2.12. The Morgan fingerprint density at radius 3 is 2.90 bits per heavy atom. The number of fused-ring (bicyclic) bond motifs is 1. The molecule has 2 aromatic carbocycles. The van der Waals surface area contributed by atoms with Gasteiger partial charge < -0.3 is 9.73 Å². The van der Waals surface area contributed by atoms with Gasteiger partial charge in [0.1, 0.15) is 0 Å². The number of rotatable bonds is 3. The Morgan fingerprint density at radius 2 is 2.10 bits per heavy atom. The largest absolute Gasteiger partial charge is 0.421 e. The van der Waals surface area contributed by atoms with Crippen molar-refractivity contribution in [2.75, 3.05) is 5.32 Å². The Morgan fingerprint density at radius 1 is 1.25 bits per heavy atom. The number of halogens is 1. The second kappa shape index (κ2) is 5.06. The summed E-state index contributed by atoms with van der Waals surface area (Å²) < 4.78 is 6.71. The van der Waals surface area contributed by atoms with Crippen LogP contribution >= 0.6 is 11.6 Å². The summed E-state index contributed by atoms with van der Waals surface area (Å²) in [5, 5.41) is 3.75. The summed E-state index contributed by atoms with van der Waals surface area (Å²) in [6, 6.07) is 13.1. The van der Waals surface area contributed by atoms with E-state index in [1.807, 2.05) is 31.2 Å². The highest BCUT2D eigenvalue weighted by Gasteiger charge is 2.09. The van der Waals surface area contributed by atoms with Crippen LogP contribution in [0.3, 0.4) is 0 Å². The summed E-state index contributed by atoms with van der Waals surface area (Å²) >= 11 is 5.88. The molecule has 0 unspecified atom stereocenters. The van der Waals surface area contributed by atoms with Gasteiger partial charge in [-0.3, -0.25) is 4.57 Å². The Bertz CT molecular complexity index is 820. The summed E-state index contributed by atoms with van der Waals surface area (Å²) in [6.07, 6.45) is 0. The van der Waals surface area contributed by atoms with Gasteiger partial charge in [0, 0.05) is 16.8 Å². The number of benzene rings is 2. The molecule has 0 aliphatic heterocycles. The minimum absolute atomic E-state index is 0.344. The molecule has 0 aliphatic rings. The normalized spacial score (nSPS) is 10.9. The van der Waals surface area contributed by atoms with E-state index in [4.69, 9.17) is 16.0 Å². The van der Waals surface area contributed by atoms with E-state index in [-0.39, 0.29) is 0 Å². The van der Waals surface area contributed by atoms with E-state index >= 15 is 0 Å². The predicted octanol–water partition coefficient (Wildman–Crippen LogP) is 3.63. The molecule has 102 valence electrons. The summed E-state index contributed by atoms with van der Waals surface area (Å²) in [7, 11) is 0. The molecule has 0 amide bonds. The molecule has 0 radical (unpaired) electrons. The molecule has 4 nitrogen and oxygen atoms in total. The maximum atomic E-state index is 11.9. The fraction of sp³-hybridized carbons (Fsp3) is 0.133. The zero-order valence-electron chi connectivity index (χ0n) is 10.9. The van der Waals surface area contributed by atoms with Crippen LogP contribution in [0.15, 0.2) is 51.7 Å². The maximum Gasteiger partial charge on any atom is 0.421 e. The quantitative estimate of drug-likeness (QED) is 0.800. The smallest absolute Gasteiger partial charge is 0.408 e. The lowest BCUT2D eigenvalue weighted by Crippen LogP contribution is -2.19. The first-order valence-electron chi connectivity index (χ1n) is 6.23. The average Bonchev–Trinajstić information content (AvgIpc) is 2.71. The minimum atomic E-state index is -0.401. The van der Waals surface area contributed by atoms with Crippen molar-refractivity contribution >= 4 is 28.4 Å². The van der Waals surface area contributed by atoms with Crippen LogP contribution in [0.4, 0.5) is 5.69 Å². The lowest BCUT2D eigenvalue weighted by atomic mass is 10.2. The van der Waals surface area contributed by atoms with Crippen LogP contribution < -0.4 is 11.1 Å². The van der Waals surface area contributed by atoms with Crippen molar-refractivity contribution in [2.45, 2.75) is 13.6 Å². The molecule has 3 rings (SSSR count). The molecule has 0 saturated carbocycles. The second-order valence-electron chi connectivity index (χ2n) is 4.61. The minimum Gasteiger partial charge on any atom is -0.408 e. The zero-order chi connectivity index (χ0) is 14.1. The average molecular weight is 289 g/mol. The summed E-state index contributed by atoms with van der Waals surface area (Å²) in [5.74, 6) is -0.401. The number of oxazole rings is 1. The lowest BCUT2D eigenvalue weighted by Gasteiger charge is -2.07. The molecule has 0 spiro atoms. The lowest BCUT2D eigenvalue weighted by molar-refractivity contribution is 0.515. The molecule has 0 fully saturated rings. The standard InChI is InChI=1S/C15H13ClN2O2/c1-10-3-2-4-12(7-10)17-9-18-13-6-5-11(16)8-14(13)20-15(18)19/h2-8,17H,9H2,1H3. The van der Waals surface area contributed by atoms with Gasteiger partial charge in [-0.25, -0.2) is 4.79 Å². The Kier molecular flexibility index (Phi) is 3.24. The van der Waals surface area contributed by atoms with Crippen LogP contribution in [-0.2, 0) is 6.67 Å². The van der Waals surface area contributed by atoms with E-state index in [9.17, 15) is 4.79 Å². The molecular weight excluding hydrogens is 276 g/mol. The zero-order valence-corrected chi connectivity index (χ0v) is 11.6. The summed E-state index contributed by atoms with van der Waals surface area (Å²) in [5.41, 5.74) is 3.33. The third-order valence-electron chi connectivity index (χ3n) is 3.09. The van der Waals surface area contributed by atoms with Crippen LogP contribution in [0.25, 0.3) is 11.1 Å². The third-order valence-corrected chi connectivity index (χ3v) is 3.32. The van der Waals surface area contributed by atoms with E-state index in [0.29, 0.717) is 17.3 Å². The van der Waals surface area contributed by atoms with Crippen molar-refractivity contribution in [3.05, 3.63) is 63.6 Å². The van der Waals surface area contributed by atoms with Crippen molar-refractivity contribution in [1.82, 2.24) is 4.57 Å². The Hall–Kier alpha value is -2.20. The van der Waals surface area contributed by atoms with Gasteiger partial charge >= 0.3 is 5.76 Å². The van der Waals surface area contributed by atoms with Crippen LogP contribution in [0, 0.1) is 6.92 Å². The highest BCUT2D eigenvalue weighted by molar-refractivity contribution is 6.31. The third kappa shape index (κ3) is 2.42. The fourth-order valence-corrected chi connectivity index (χ4v) is 2.28. The second-order valence-corrected chi connectivity index (χ2v) is 5.05. The molecule has 0 atom stereocenters. The highest BCUT2D eigenvalue weighted by atomic mass is 35.5. The molecule has 3 aromatic rings. The van der Waals surface area contributed by atoms with Crippen LogP contribution in [-0.4, -0.2) is 4.57 Å². The number of hydrogen-bond acceptors (Lipinski definition) is 3. The van der Waals surface area contributed by atoms with Gasteiger partial charge in [0.05, 0.1) is 12.2 Å². The molecule has 0 saturated heterocycles. The van der Waals surface area contributed by atoms with Gasteiger partial charge in [-0.15, -0.1) is 0 Å². The van der Waals surface area contributed by atoms with Crippen molar-refractivity contribution < 1.29 is 4.42 Å². The first-order valence-corrected chi connectivity index (χ1v) is 6.61. The van der Waals surface area contributed by atoms with E-state index in [2.05, 4.69) is 5.32 Å². The highest BCUT2D eigenvalue weighted by Crippen LogP contribution is 2.18. The molecule has 1 heterocycles.